The number of benzene rings is 1. The molecule has 1 aromatic carbocycles. The minimum absolute atomic E-state index is 0.358. The van der Waals surface area contributed by atoms with Crippen LogP contribution in [0.1, 0.15) is 58.8 Å². The summed E-state index contributed by atoms with van der Waals surface area (Å²) in [5.41, 5.74) is 0.712. The first-order valence-corrected chi connectivity index (χ1v) is 8.87. The fraction of sp³-hybridized carbons (Fsp3) is 0.500. The molecule has 6 heteroatoms. The Morgan fingerprint density at radius 3 is 2.27 bits per heavy atom. The van der Waals surface area contributed by atoms with Gasteiger partial charge in [-0.15, -0.1) is 0 Å². The third-order valence-corrected chi connectivity index (χ3v) is 4.92. The van der Waals surface area contributed by atoms with Crippen molar-refractivity contribution in [3.8, 4) is 0 Å². The van der Waals surface area contributed by atoms with Gasteiger partial charge < -0.3 is 14.0 Å². The molecule has 0 spiro atoms. The van der Waals surface area contributed by atoms with Gasteiger partial charge in [0.15, 0.2) is 0 Å². The molecule has 0 N–H and O–H groups in total. The van der Waals surface area contributed by atoms with E-state index in [4.69, 9.17) is 14.0 Å². The third kappa shape index (κ3) is 3.48. The van der Waals surface area contributed by atoms with E-state index in [0.29, 0.717) is 5.56 Å². The fourth-order valence-corrected chi connectivity index (χ4v) is 2.81. The summed E-state index contributed by atoms with van der Waals surface area (Å²) < 4.78 is 17.8. The Hall–Kier alpha value is -1.92. The largest absolute Gasteiger partial charge is 0.495 e. The van der Waals surface area contributed by atoms with Crippen molar-refractivity contribution < 1.29 is 18.8 Å². The maximum Gasteiger partial charge on any atom is 0.495 e. The Labute approximate surface area is 155 Å². The lowest BCUT2D eigenvalue weighted by atomic mass is 9.77. The summed E-state index contributed by atoms with van der Waals surface area (Å²) in [4.78, 5) is 16.8. The lowest BCUT2D eigenvalue weighted by Crippen LogP contribution is -2.41. The third-order valence-electron chi connectivity index (χ3n) is 4.92. The molecule has 0 atom stereocenters. The second kappa shape index (κ2) is 6.07. The number of hydrogen-bond acceptors (Lipinski definition) is 5. The Bertz CT molecular complexity index is 839. The second-order valence-corrected chi connectivity index (χ2v) is 8.72. The zero-order chi connectivity index (χ0) is 19.3. The number of nitrogens with zero attached hydrogens (tertiary/aromatic N) is 1. The molecule has 138 valence electrons. The van der Waals surface area contributed by atoms with Crippen LogP contribution >= 0.6 is 0 Å². The summed E-state index contributed by atoms with van der Waals surface area (Å²) in [6, 6.07) is 7.24. The Morgan fingerprint density at radius 1 is 1.08 bits per heavy atom. The first-order valence-electron chi connectivity index (χ1n) is 8.87. The molecule has 0 bridgehead atoms. The molecule has 1 saturated heterocycles. The molecule has 0 saturated carbocycles. The van der Waals surface area contributed by atoms with Crippen LogP contribution in [0.3, 0.4) is 0 Å². The van der Waals surface area contributed by atoms with E-state index in [1.165, 1.54) is 0 Å². The van der Waals surface area contributed by atoms with Crippen LogP contribution < -0.4 is 5.46 Å². The molecule has 1 aliphatic rings. The maximum atomic E-state index is 12.4. The van der Waals surface area contributed by atoms with Crippen molar-refractivity contribution in [3.63, 3.8) is 0 Å². The van der Waals surface area contributed by atoms with Crippen LogP contribution in [0.2, 0.25) is 0 Å². The quantitative estimate of drug-likeness (QED) is 0.610. The van der Waals surface area contributed by atoms with Gasteiger partial charge in [0.05, 0.1) is 22.3 Å². The van der Waals surface area contributed by atoms with Gasteiger partial charge in [-0.1, -0.05) is 0 Å². The van der Waals surface area contributed by atoms with Crippen LogP contribution in [0, 0.1) is 0 Å². The predicted molar refractivity (Wildman–Crippen MR) is 103 cm³/mol. The molecule has 1 fully saturated rings. The number of carbonyl (C=O) groups excluding carboxylic acids is 1. The van der Waals surface area contributed by atoms with Gasteiger partial charge in [0.25, 0.3) is 0 Å². The molecule has 0 unspecified atom stereocenters. The van der Waals surface area contributed by atoms with Crippen molar-refractivity contribution in [2.45, 2.75) is 65.3 Å². The molecule has 5 nitrogen and oxygen atoms in total. The van der Waals surface area contributed by atoms with E-state index in [-0.39, 0.29) is 5.97 Å². The van der Waals surface area contributed by atoms with Crippen molar-refractivity contribution in [1.82, 2.24) is 4.98 Å². The van der Waals surface area contributed by atoms with Crippen LogP contribution in [0.5, 0.6) is 0 Å². The number of rotatable bonds is 2. The van der Waals surface area contributed by atoms with Gasteiger partial charge in [0, 0.05) is 11.6 Å². The standard InChI is InChI=1S/C20H26BNO4/c1-18(2,3)24-17(23)13-8-9-16-14(12-13)15(10-11-22-16)21-25-19(4,5)20(6,7)26-21/h8-12H,1-7H3. The number of ether oxygens (including phenoxy) is 1. The summed E-state index contributed by atoms with van der Waals surface area (Å²) in [7, 11) is -0.514. The molecule has 1 aromatic heterocycles. The lowest BCUT2D eigenvalue weighted by Gasteiger charge is -2.32. The number of esters is 1. The molecule has 1 aliphatic heterocycles. The molecule has 2 heterocycles. The summed E-state index contributed by atoms with van der Waals surface area (Å²) >= 11 is 0. The molecule has 3 rings (SSSR count). The number of pyridine rings is 1. The van der Waals surface area contributed by atoms with Crippen LogP contribution in [-0.4, -0.2) is 34.9 Å². The average Bonchev–Trinajstić information content (AvgIpc) is 2.72. The number of fused-ring (bicyclic) bond motifs is 1. The van der Waals surface area contributed by atoms with Gasteiger partial charge >= 0.3 is 13.1 Å². The fourth-order valence-electron chi connectivity index (χ4n) is 2.81. The highest BCUT2D eigenvalue weighted by Crippen LogP contribution is 2.37. The summed E-state index contributed by atoms with van der Waals surface area (Å²) in [5.74, 6) is -0.358. The zero-order valence-corrected chi connectivity index (χ0v) is 16.5. The molecule has 2 aromatic rings. The summed E-state index contributed by atoms with van der Waals surface area (Å²) in [6.07, 6.45) is 1.73. The van der Waals surface area contributed by atoms with Crippen molar-refractivity contribution >= 4 is 29.5 Å². The highest BCUT2D eigenvalue weighted by Gasteiger charge is 2.52. The van der Waals surface area contributed by atoms with Gasteiger partial charge in [-0.2, -0.15) is 0 Å². The van der Waals surface area contributed by atoms with E-state index in [0.717, 1.165) is 16.4 Å². The molecular formula is C20H26BNO4. The molecule has 0 aliphatic carbocycles. The van der Waals surface area contributed by atoms with Crippen molar-refractivity contribution in [2.24, 2.45) is 0 Å². The van der Waals surface area contributed by atoms with E-state index in [1.807, 2.05) is 60.6 Å². The van der Waals surface area contributed by atoms with E-state index in [1.54, 1.807) is 18.3 Å². The van der Waals surface area contributed by atoms with Gasteiger partial charge in [-0.25, -0.2) is 4.79 Å². The molecule has 26 heavy (non-hydrogen) atoms. The van der Waals surface area contributed by atoms with Crippen LogP contribution in [-0.2, 0) is 14.0 Å². The lowest BCUT2D eigenvalue weighted by molar-refractivity contribution is 0.00578. The minimum Gasteiger partial charge on any atom is -0.456 e. The first kappa shape index (κ1) is 18.9. The summed E-state index contributed by atoms with van der Waals surface area (Å²) in [6.45, 7) is 13.6. The van der Waals surface area contributed by atoms with Gasteiger partial charge in [-0.3, -0.25) is 4.98 Å². The van der Waals surface area contributed by atoms with E-state index in [9.17, 15) is 4.79 Å². The zero-order valence-electron chi connectivity index (χ0n) is 16.5. The normalized spacial score (nSPS) is 19.0. The van der Waals surface area contributed by atoms with Gasteiger partial charge in [0.1, 0.15) is 5.60 Å². The number of carbonyl (C=O) groups is 1. The smallest absolute Gasteiger partial charge is 0.456 e. The molecule has 0 radical (unpaired) electrons. The van der Waals surface area contributed by atoms with Crippen molar-refractivity contribution in [1.29, 1.82) is 0 Å². The van der Waals surface area contributed by atoms with Crippen molar-refractivity contribution in [2.75, 3.05) is 0 Å². The van der Waals surface area contributed by atoms with Crippen LogP contribution in [0.25, 0.3) is 10.9 Å². The van der Waals surface area contributed by atoms with Gasteiger partial charge in [0.2, 0.25) is 0 Å². The SMILES string of the molecule is CC(C)(C)OC(=O)c1ccc2nccc(B3OC(C)(C)C(C)(C)O3)c2c1. The first-order chi connectivity index (χ1) is 11.9. The molecular weight excluding hydrogens is 329 g/mol. The number of hydrogen-bond donors (Lipinski definition) is 0. The van der Waals surface area contributed by atoms with Crippen LogP contribution in [0.15, 0.2) is 30.5 Å². The van der Waals surface area contributed by atoms with Crippen molar-refractivity contribution in [3.05, 3.63) is 36.0 Å². The molecule has 0 amide bonds. The predicted octanol–water partition coefficient (Wildman–Crippen LogP) is 3.49. The second-order valence-electron chi connectivity index (χ2n) is 8.72. The average molecular weight is 355 g/mol. The maximum absolute atomic E-state index is 12.4. The topological polar surface area (TPSA) is 57.7 Å². The highest BCUT2D eigenvalue weighted by atomic mass is 16.7. The van der Waals surface area contributed by atoms with Gasteiger partial charge in [-0.05, 0) is 78.2 Å². The Balaban J connectivity index is 2.02. The number of aromatic nitrogens is 1. The van der Waals surface area contributed by atoms with Crippen LogP contribution in [0.4, 0.5) is 0 Å². The highest BCUT2D eigenvalue weighted by molar-refractivity contribution is 6.65. The van der Waals surface area contributed by atoms with E-state index >= 15 is 0 Å². The van der Waals surface area contributed by atoms with E-state index < -0.39 is 23.9 Å². The Morgan fingerprint density at radius 2 is 1.69 bits per heavy atom. The Kier molecular flexibility index (Phi) is 4.40. The van der Waals surface area contributed by atoms with E-state index in [2.05, 4.69) is 4.98 Å². The summed E-state index contributed by atoms with van der Waals surface area (Å²) in [5, 5.41) is 0.828. The minimum atomic E-state index is -0.546. The monoisotopic (exact) mass is 355 g/mol.